The quantitative estimate of drug-likeness (QED) is 0.919. The number of rotatable bonds is 5. The summed E-state index contributed by atoms with van der Waals surface area (Å²) >= 11 is 0. The lowest BCUT2D eigenvalue weighted by Gasteiger charge is -2.21. The fraction of sp³-hybridized carbons (Fsp3) is 0.316. The van der Waals surface area contributed by atoms with Gasteiger partial charge in [-0.3, -0.25) is 14.6 Å². The molecule has 0 fully saturated rings. The Morgan fingerprint density at radius 2 is 1.83 bits per heavy atom. The van der Waals surface area contributed by atoms with Crippen molar-refractivity contribution in [1.29, 1.82) is 0 Å². The Morgan fingerprint density at radius 1 is 1.17 bits per heavy atom. The zero-order valence-corrected chi connectivity index (χ0v) is 14.6. The molecular formula is C19H23N3O2. The molecule has 5 heteroatoms. The van der Waals surface area contributed by atoms with E-state index in [0.717, 1.165) is 27.9 Å². The zero-order chi connectivity index (χ0) is 17.7. The second-order valence-electron chi connectivity index (χ2n) is 6.06. The van der Waals surface area contributed by atoms with Crippen molar-refractivity contribution in [2.75, 3.05) is 11.9 Å². The minimum atomic E-state index is -0.204. The fourth-order valence-electron chi connectivity index (χ4n) is 2.72. The number of nitrogens with one attached hydrogen (secondary N) is 1. The van der Waals surface area contributed by atoms with Gasteiger partial charge in [-0.15, -0.1) is 0 Å². The Balaban J connectivity index is 2.07. The molecule has 0 atom stereocenters. The highest BCUT2D eigenvalue weighted by Gasteiger charge is 2.16. The maximum Gasteiger partial charge on any atom is 0.244 e. The number of aromatic nitrogens is 1. The Labute approximate surface area is 142 Å². The highest BCUT2D eigenvalue weighted by Crippen LogP contribution is 2.21. The van der Waals surface area contributed by atoms with Crippen LogP contribution in [0.25, 0.3) is 0 Å². The first kappa shape index (κ1) is 17.7. The van der Waals surface area contributed by atoms with E-state index in [2.05, 4.69) is 10.3 Å². The maximum atomic E-state index is 12.4. The highest BCUT2D eigenvalue weighted by atomic mass is 16.2. The zero-order valence-electron chi connectivity index (χ0n) is 14.6. The van der Waals surface area contributed by atoms with E-state index < -0.39 is 0 Å². The van der Waals surface area contributed by atoms with Gasteiger partial charge in [-0.05, 0) is 43.5 Å². The van der Waals surface area contributed by atoms with Crippen LogP contribution in [-0.2, 0) is 16.1 Å². The van der Waals surface area contributed by atoms with E-state index >= 15 is 0 Å². The molecule has 0 aliphatic rings. The van der Waals surface area contributed by atoms with Crippen molar-refractivity contribution in [2.24, 2.45) is 0 Å². The molecular weight excluding hydrogens is 302 g/mol. The fourth-order valence-corrected chi connectivity index (χ4v) is 2.72. The summed E-state index contributed by atoms with van der Waals surface area (Å²) < 4.78 is 0. The Morgan fingerprint density at radius 3 is 2.38 bits per heavy atom. The number of hydrogen-bond donors (Lipinski definition) is 1. The first-order valence-corrected chi connectivity index (χ1v) is 7.89. The summed E-state index contributed by atoms with van der Waals surface area (Å²) in [7, 11) is 0. The summed E-state index contributed by atoms with van der Waals surface area (Å²) in [5.74, 6) is -0.351. The van der Waals surface area contributed by atoms with E-state index in [4.69, 9.17) is 0 Å². The lowest BCUT2D eigenvalue weighted by atomic mass is 10.1. The number of anilines is 1. The molecule has 1 heterocycles. The van der Waals surface area contributed by atoms with Gasteiger partial charge in [0.25, 0.3) is 0 Å². The predicted octanol–water partition coefficient (Wildman–Crippen LogP) is 2.99. The third-order valence-electron chi connectivity index (χ3n) is 3.82. The minimum absolute atomic E-state index is 0.0109. The number of aryl methyl sites for hydroxylation is 3. The van der Waals surface area contributed by atoms with Crippen LogP contribution < -0.4 is 5.32 Å². The predicted molar refractivity (Wildman–Crippen MR) is 94.6 cm³/mol. The molecule has 126 valence electrons. The van der Waals surface area contributed by atoms with Crippen LogP contribution in [0.15, 0.2) is 36.7 Å². The van der Waals surface area contributed by atoms with Crippen molar-refractivity contribution >= 4 is 17.5 Å². The van der Waals surface area contributed by atoms with Crippen LogP contribution in [0.3, 0.4) is 0 Å². The van der Waals surface area contributed by atoms with Gasteiger partial charge >= 0.3 is 0 Å². The number of benzene rings is 1. The molecule has 0 radical (unpaired) electrons. The Bertz CT molecular complexity index is 719. The molecule has 2 amide bonds. The van der Waals surface area contributed by atoms with E-state index in [1.165, 1.54) is 11.8 Å². The lowest BCUT2D eigenvalue weighted by molar-refractivity contribution is -0.133. The van der Waals surface area contributed by atoms with Gasteiger partial charge in [-0.25, -0.2) is 0 Å². The Hall–Kier alpha value is -2.69. The molecule has 1 N–H and O–H groups in total. The van der Waals surface area contributed by atoms with Gasteiger partial charge < -0.3 is 10.2 Å². The summed E-state index contributed by atoms with van der Waals surface area (Å²) in [6.45, 7) is 7.80. The molecule has 0 saturated carbocycles. The van der Waals surface area contributed by atoms with Crippen molar-refractivity contribution in [3.63, 3.8) is 0 Å². The van der Waals surface area contributed by atoms with Gasteiger partial charge in [0.15, 0.2) is 0 Å². The van der Waals surface area contributed by atoms with Crippen LogP contribution in [0, 0.1) is 20.8 Å². The monoisotopic (exact) mass is 325 g/mol. The van der Waals surface area contributed by atoms with Crippen LogP contribution in [0.1, 0.15) is 29.2 Å². The van der Waals surface area contributed by atoms with E-state index in [9.17, 15) is 9.59 Å². The Kier molecular flexibility index (Phi) is 5.68. The number of hydrogen-bond acceptors (Lipinski definition) is 3. The molecule has 1 aromatic heterocycles. The molecule has 2 aromatic rings. The van der Waals surface area contributed by atoms with Crippen LogP contribution in [0.2, 0.25) is 0 Å². The van der Waals surface area contributed by atoms with E-state index in [1.807, 2.05) is 45.0 Å². The smallest absolute Gasteiger partial charge is 0.244 e. The van der Waals surface area contributed by atoms with Crippen LogP contribution in [0.5, 0.6) is 0 Å². The molecule has 2 rings (SSSR count). The SMILES string of the molecule is CC(=O)N(CC(=O)Nc1c(C)cc(C)cc1C)Cc1cccnc1. The molecule has 5 nitrogen and oxygen atoms in total. The minimum Gasteiger partial charge on any atom is -0.329 e. The standard InChI is InChI=1S/C19H23N3O2/c1-13-8-14(2)19(15(3)9-13)21-18(24)12-22(16(4)23)11-17-6-5-7-20-10-17/h5-10H,11-12H2,1-4H3,(H,21,24). The molecule has 0 saturated heterocycles. The second-order valence-corrected chi connectivity index (χ2v) is 6.06. The average Bonchev–Trinajstić information content (AvgIpc) is 2.51. The molecule has 0 spiro atoms. The topological polar surface area (TPSA) is 62.3 Å². The number of pyridine rings is 1. The first-order valence-electron chi connectivity index (χ1n) is 7.89. The first-order chi connectivity index (χ1) is 11.4. The molecule has 0 bridgehead atoms. The highest BCUT2D eigenvalue weighted by molar-refractivity contribution is 5.95. The van der Waals surface area contributed by atoms with Crippen LogP contribution in [0.4, 0.5) is 5.69 Å². The van der Waals surface area contributed by atoms with E-state index in [-0.39, 0.29) is 18.4 Å². The van der Waals surface area contributed by atoms with Crippen molar-refractivity contribution in [3.8, 4) is 0 Å². The third kappa shape index (κ3) is 4.65. The van der Waals surface area contributed by atoms with E-state index in [1.54, 1.807) is 12.4 Å². The van der Waals surface area contributed by atoms with Crippen molar-refractivity contribution in [2.45, 2.75) is 34.2 Å². The van der Waals surface area contributed by atoms with Gasteiger partial charge in [0.1, 0.15) is 6.54 Å². The van der Waals surface area contributed by atoms with Gasteiger partial charge in [-0.1, -0.05) is 23.8 Å². The number of amides is 2. The normalized spacial score (nSPS) is 10.3. The summed E-state index contributed by atoms with van der Waals surface area (Å²) in [5, 5.41) is 2.93. The lowest BCUT2D eigenvalue weighted by Crippen LogP contribution is -2.36. The molecule has 0 unspecified atom stereocenters. The maximum absolute atomic E-state index is 12.4. The van der Waals surface area contributed by atoms with Gasteiger partial charge in [0.2, 0.25) is 11.8 Å². The number of carbonyl (C=O) groups excluding carboxylic acids is 2. The van der Waals surface area contributed by atoms with Crippen molar-refractivity contribution in [3.05, 3.63) is 58.9 Å². The van der Waals surface area contributed by atoms with Crippen LogP contribution in [-0.4, -0.2) is 28.2 Å². The van der Waals surface area contributed by atoms with E-state index in [0.29, 0.717) is 6.54 Å². The second kappa shape index (κ2) is 7.73. The molecule has 0 aliphatic carbocycles. The number of nitrogens with zero attached hydrogens (tertiary/aromatic N) is 2. The van der Waals surface area contributed by atoms with Gasteiger partial charge in [-0.2, -0.15) is 0 Å². The summed E-state index contributed by atoms with van der Waals surface area (Å²) in [4.78, 5) is 29.8. The molecule has 1 aromatic carbocycles. The average molecular weight is 325 g/mol. The van der Waals surface area contributed by atoms with Crippen LogP contribution >= 0.6 is 0 Å². The summed E-state index contributed by atoms with van der Waals surface area (Å²) in [6, 6.07) is 7.75. The van der Waals surface area contributed by atoms with Crippen molar-refractivity contribution in [1.82, 2.24) is 9.88 Å². The van der Waals surface area contributed by atoms with Crippen molar-refractivity contribution < 1.29 is 9.59 Å². The summed E-state index contributed by atoms with van der Waals surface area (Å²) in [5.41, 5.74) is 4.90. The molecule has 24 heavy (non-hydrogen) atoms. The summed E-state index contributed by atoms with van der Waals surface area (Å²) in [6.07, 6.45) is 3.37. The number of carbonyl (C=O) groups is 2. The third-order valence-corrected chi connectivity index (χ3v) is 3.82. The van der Waals surface area contributed by atoms with Gasteiger partial charge in [0, 0.05) is 31.5 Å². The van der Waals surface area contributed by atoms with Gasteiger partial charge in [0.05, 0.1) is 0 Å². The molecule has 0 aliphatic heterocycles. The largest absolute Gasteiger partial charge is 0.329 e.